The third-order valence-electron chi connectivity index (χ3n) is 3.27. The molecule has 2 aromatic carbocycles. The minimum Gasteiger partial charge on any atom is -0.322 e. The van der Waals surface area contributed by atoms with Crippen LogP contribution in [0.3, 0.4) is 0 Å². The van der Waals surface area contributed by atoms with Gasteiger partial charge >= 0.3 is 0 Å². The Morgan fingerprint density at radius 2 is 1.96 bits per heavy atom. The number of aromatic nitrogens is 2. The number of nitrogens with zero attached hydrogens (tertiary/aromatic N) is 1. The Labute approximate surface area is 141 Å². The lowest BCUT2D eigenvalue weighted by Crippen LogP contribution is -2.13. The first-order valence-corrected chi connectivity index (χ1v) is 7.33. The smallest absolute Gasteiger partial charge is 0.264 e. The van der Waals surface area contributed by atoms with Gasteiger partial charge in [0.15, 0.2) is 0 Å². The Morgan fingerprint density at radius 1 is 1.12 bits per heavy atom. The summed E-state index contributed by atoms with van der Waals surface area (Å²) in [6, 6.07) is 13.5. The number of carbonyl (C=O) groups excluding carboxylic acids is 1. The predicted octanol–water partition coefficient (Wildman–Crippen LogP) is 3.48. The summed E-state index contributed by atoms with van der Waals surface area (Å²) in [4.78, 5) is 23.3. The fourth-order valence-corrected chi connectivity index (χ4v) is 2.30. The van der Waals surface area contributed by atoms with E-state index in [4.69, 9.17) is 11.6 Å². The van der Waals surface area contributed by atoms with Gasteiger partial charge in [-0.05, 0) is 36.4 Å². The van der Waals surface area contributed by atoms with Gasteiger partial charge in [0.05, 0.1) is 11.3 Å². The molecule has 0 spiro atoms. The van der Waals surface area contributed by atoms with Crippen LogP contribution in [0.4, 0.5) is 10.1 Å². The summed E-state index contributed by atoms with van der Waals surface area (Å²) in [5.41, 5.74) is 1.25. The van der Waals surface area contributed by atoms with E-state index in [2.05, 4.69) is 15.5 Å². The van der Waals surface area contributed by atoms with Gasteiger partial charge in [-0.15, -0.1) is 0 Å². The number of rotatable bonds is 3. The Kier molecular flexibility index (Phi) is 4.39. The number of nitrogens with one attached hydrogen (secondary N) is 2. The van der Waals surface area contributed by atoms with Crippen molar-refractivity contribution in [3.05, 3.63) is 81.4 Å². The molecule has 0 atom stereocenters. The van der Waals surface area contributed by atoms with E-state index < -0.39 is 11.7 Å². The molecule has 24 heavy (non-hydrogen) atoms. The number of aromatic amines is 1. The average Bonchev–Trinajstić information content (AvgIpc) is 2.58. The van der Waals surface area contributed by atoms with Gasteiger partial charge in [0.1, 0.15) is 5.82 Å². The maximum absolute atomic E-state index is 13.7. The number of carbonyl (C=O) groups is 1. The minimum atomic E-state index is -0.657. The van der Waals surface area contributed by atoms with E-state index in [0.29, 0.717) is 16.9 Å². The summed E-state index contributed by atoms with van der Waals surface area (Å²) >= 11 is 5.80. The standard InChI is InChI=1S/C17H11ClFN3O2/c18-11-4-5-14(19)13(9-11)17(24)20-12-3-1-2-10(8-12)15-6-7-16(23)22-21-15/h1-9H,(H,20,24)(H,22,23). The van der Waals surface area contributed by atoms with E-state index in [1.54, 1.807) is 30.3 Å². The van der Waals surface area contributed by atoms with Crippen LogP contribution in [0.25, 0.3) is 11.3 Å². The van der Waals surface area contributed by atoms with Gasteiger partial charge in [-0.1, -0.05) is 23.7 Å². The second-order valence-electron chi connectivity index (χ2n) is 4.97. The molecule has 2 N–H and O–H groups in total. The number of hydrogen-bond acceptors (Lipinski definition) is 3. The summed E-state index contributed by atoms with van der Waals surface area (Å²) in [7, 11) is 0. The quantitative estimate of drug-likeness (QED) is 0.764. The van der Waals surface area contributed by atoms with Gasteiger partial charge in [-0.2, -0.15) is 5.10 Å². The molecule has 0 bridgehead atoms. The van der Waals surface area contributed by atoms with Gasteiger partial charge in [0.25, 0.3) is 11.5 Å². The van der Waals surface area contributed by atoms with Crippen molar-refractivity contribution in [1.29, 1.82) is 0 Å². The Balaban J connectivity index is 1.87. The van der Waals surface area contributed by atoms with Gasteiger partial charge in [-0.3, -0.25) is 9.59 Å². The number of anilines is 1. The second-order valence-corrected chi connectivity index (χ2v) is 5.40. The van der Waals surface area contributed by atoms with Gasteiger partial charge in [0, 0.05) is 22.3 Å². The summed E-state index contributed by atoms with van der Waals surface area (Å²) in [5.74, 6) is -1.27. The lowest BCUT2D eigenvalue weighted by atomic mass is 10.1. The van der Waals surface area contributed by atoms with Crippen molar-refractivity contribution in [1.82, 2.24) is 10.2 Å². The zero-order valence-electron chi connectivity index (χ0n) is 12.2. The molecule has 1 heterocycles. The number of hydrogen-bond donors (Lipinski definition) is 2. The first-order chi connectivity index (χ1) is 11.5. The third-order valence-corrected chi connectivity index (χ3v) is 3.50. The van der Waals surface area contributed by atoms with Gasteiger partial charge < -0.3 is 5.32 Å². The lowest BCUT2D eigenvalue weighted by Gasteiger charge is -2.08. The highest BCUT2D eigenvalue weighted by atomic mass is 35.5. The van der Waals surface area contributed by atoms with Crippen LogP contribution in [0.2, 0.25) is 5.02 Å². The van der Waals surface area contributed by atoms with Gasteiger partial charge in [-0.25, -0.2) is 9.49 Å². The number of halogens is 2. The van der Waals surface area contributed by atoms with Crippen LogP contribution in [0.15, 0.2) is 59.4 Å². The number of amides is 1. The monoisotopic (exact) mass is 343 g/mol. The van der Waals surface area contributed by atoms with Crippen molar-refractivity contribution >= 4 is 23.2 Å². The Bertz CT molecular complexity index is 952. The SMILES string of the molecule is O=C(Nc1cccc(-c2ccc(=O)[nH]n2)c1)c1cc(Cl)ccc1F. The summed E-state index contributed by atoms with van der Waals surface area (Å²) < 4.78 is 13.7. The highest BCUT2D eigenvalue weighted by Crippen LogP contribution is 2.21. The fraction of sp³-hybridized carbons (Fsp3) is 0. The van der Waals surface area contributed by atoms with Crippen molar-refractivity contribution in [2.45, 2.75) is 0 Å². The molecule has 5 nitrogen and oxygen atoms in total. The number of H-pyrrole nitrogens is 1. The van der Waals surface area contributed by atoms with Crippen LogP contribution >= 0.6 is 11.6 Å². The third kappa shape index (κ3) is 3.49. The molecule has 0 saturated heterocycles. The van der Waals surface area contributed by atoms with Crippen molar-refractivity contribution in [2.24, 2.45) is 0 Å². The molecule has 0 aliphatic carbocycles. The Hall–Kier alpha value is -2.99. The average molecular weight is 344 g/mol. The van der Waals surface area contributed by atoms with Crippen molar-refractivity contribution < 1.29 is 9.18 Å². The molecular formula is C17H11ClFN3O2. The molecule has 7 heteroatoms. The topological polar surface area (TPSA) is 74.8 Å². The first kappa shape index (κ1) is 15.9. The molecule has 0 aliphatic heterocycles. The predicted molar refractivity (Wildman–Crippen MR) is 89.7 cm³/mol. The van der Waals surface area contributed by atoms with Gasteiger partial charge in [0.2, 0.25) is 0 Å². The van der Waals surface area contributed by atoms with Crippen LogP contribution in [0.5, 0.6) is 0 Å². The molecule has 3 rings (SSSR count). The molecule has 3 aromatic rings. The van der Waals surface area contributed by atoms with E-state index in [1.807, 2.05) is 0 Å². The largest absolute Gasteiger partial charge is 0.322 e. The molecule has 1 amide bonds. The van der Waals surface area contributed by atoms with Crippen LogP contribution in [-0.2, 0) is 0 Å². The van der Waals surface area contributed by atoms with E-state index in [1.165, 1.54) is 18.2 Å². The second kappa shape index (κ2) is 6.64. The van der Waals surface area contributed by atoms with E-state index in [-0.39, 0.29) is 16.1 Å². The first-order valence-electron chi connectivity index (χ1n) is 6.95. The molecule has 0 aliphatic rings. The zero-order chi connectivity index (χ0) is 17.1. The van der Waals surface area contributed by atoms with Crippen LogP contribution in [0.1, 0.15) is 10.4 Å². The molecule has 0 saturated carbocycles. The molecule has 0 fully saturated rings. The normalized spacial score (nSPS) is 10.4. The summed E-state index contributed by atoms with van der Waals surface area (Å²) in [6.45, 7) is 0. The van der Waals surface area contributed by atoms with Crippen LogP contribution in [0, 0.1) is 5.82 Å². The highest BCUT2D eigenvalue weighted by Gasteiger charge is 2.13. The van der Waals surface area contributed by atoms with Crippen LogP contribution < -0.4 is 10.9 Å². The summed E-state index contributed by atoms with van der Waals surface area (Å²) in [5, 5.41) is 9.15. The van der Waals surface area contributed by atoms with E-state index >= 15 is 0 Å². The van der Waals surface area contributed by atoms with Crippen molar-refractivity contribution in [3.8, 4) is 11.3 Å². The highest BCUT2D eigenvalue weighted by molar-refractivity contribution is 6.31. The summed E-state index contributed by atoms with van der Waals surface area (Å²) in [6.07, 6.45) is 0. The van der Waals surface area contributed by atoms with E-state index in [9.17, 15) is 14.0 Å². The lowest BCUT2D eigenvalue weighted by molar-refractivity contribution is 0.102. The van der Waals surface area contributed by atoms with Crippen LogP contribution in [-0.4, -0.2) is 16.1 Å². The van der Waals surface area contributed by atoms with E-state index in [0.717, 1.165) is 6.07 Å². The fourth-order valence-electron chi connectivity index (χ4n) is 2.13. The molecule has 120 valence electrons. The zero-order valence-corrected chi connectivity index (χ0v) is 13.0. The minimum absolute atomic E-state index is 0.143. The maximum Gasteiger partial charge on any atom is 0.264 e. The molecule has 0 radical (unpaired) electrons. The molecule has 0 unspecified atom stereocenters. The van der Waals surface area contributed by atoms with Crippen molar-refractivity contribution in [3.63, 3.8) is 0 Å². The number of benzene rings is 2. The van der Waals surface area contributed by atoms with Crippen molar-refractivity contribution in [2.75, 3.05) is 5.32 Å². The molecule has 1 aromatic heterocycles. The Morgan fingerprint density at radius 3 is 2.71 bits per heavy atom. The molecular weight excluding hydrogens is 333 g/mol. The maximum atomic E-state index is 13.7.